The van der Waals surface area contributed by atoms with Crippen LogP contribution >= 0.6 is 11.3 Å². The predicted molar refractivity (Wildman–Crippen MR) is 72.8 cm³/mol. The van der Waals surface area contributed by atoms with Gasteiger partial charge in [-0.3, -0.25) is 4.40 Å². The lowest BCUT2D eigenvalue weighted by atomic mass is 10.1. The van der Waals surface area contributed by atoms with Gasteiger partial charge in [-0.1, -0.05) is 13.8 Å². The van der Waals surface area contributed by atoms with E-state index >= 15 is 0 Å². The van der Waals surface area contributed by atoms with Gasteiger partial charge in [-0.2, -0.15) is 0 Å². The molecule has 0 fully saturated rings. The van der Waals surface area contributed by atoms with Crippen molar-refractivity contribution in [1.82, 2.24) is 9.38 Å². The van der Waals surface area contributed by atoms with Crippen LogP contribution < -0.4 is 4.90 Å². The molecule has 0 spiro atoms. The molecule has 2 rings (SSSR count). The monoisotopic (exact) mass is 267 g/mol. The molecule has 0 amide bonds. The van der Waals surface area contributed by atoms with Gasteiger partial charge >= 0.3 is 5.97 Å². The molecule has 5 nitrogen and oxygen atoms in total. The predicted octanol–water partition coefficient (Wildman–Crippen LogP) is 2.58. The quantitative estimate of drug-likeness (QED) is 0.904. The van der Waals surface area contributed by atoms with Crippen molar-refractivity contribution in [1.29, 1.82) is 0 Å². The van der Waals surface area contributed by atoms with Crippen molar-refractivity contribution in [3.05, 3.63) is 17.3 Å². The van der Waals surface area contributed by atoms with E-state index in [9.17, 15) is 9.90 Å². The van der Waals surface area contributed by atoms with E-state index in [4.69, 9.17) is 0 Å². The number of fused-ring (bicyclic) bond motifs is 1. The summed E-state index contributed by atoms with van der Waals surface area (Å²) in [5, 5.41) is 11.2. The summed E-state index contributed by atoms with van der Waals surface area (Å²) in [6.07, 6.45) is 2.76. The maximum atomic E-state index is 11.4. The molecule has 0 radical (unpaired) electrons. The summed E-state index contributed by atoms with van der Waals surface area (Å²) in [4.78, 5) is 18.4. The second-order valence-electron chi connectivity index (χ2n) is 4.75. The summed E-state index contributed by atoms with van der Waals surface area (Å²) in [6, 6.07) is 0. The van der Waals surface area contributed by atoms with E-state index < -0.39 is 5.97 Å². The normalized spacial score (nSPS) is 11.3. The second kappa shape index (κ2) is 4.97. The summed E-state index contributed by atoms with van der Waals surface area (Å²) in [6.45, 7) is 5.11. The number of anilines is 1. The lowest BCUT2D eigenvalue weighted by Crippen LogP contribution is -2.22. The van der Waals surface area contributed by atoms with Gasteiger partial charge in [-0.25, -0.2) is 9.78 Å². The SMILES string of the molecule is CC(C)CCN(C)c1nc2sccn2c1C(=O)O. The van der Waals surface area contributed by atoms with Crippen molar-refractivity contribution in [2.75, 3.05) is 18.5 Å². The van der Waals surface area contributed by atoms with E-state index in [2.05, 4.69) is 18.8 Å². The minimum Gasteiger partial charge on any atom is -0.476 e. The molecular weight excluding hydrogens is 250 g/mol. The van der Waals surface area contributed by atoms with Crippen molar-refractivity contribution in [2.24, 2.45) is 5.92 Å². The molecule has 0 aliphatic rings. The van der Waals surface area contributed by atoms with Crippen LogP contribution in [0.1, 0.15) is 30.8 Å². The Hall–Kier alpha value is -1.56. The number of rotatable bonds is 5. The van der Waals surface area contributed by atoms with Gasteiger partial charge in [0.1, 0.15) is 0 Å². The van der Waals surface area contributed by atoms with Crippen LogP contribution in [0.3, 0.4) is 0 Å². The van der Waals surface area contributed by atoms with E-state index in [1.165, 1.54) is 11.3 Å². The Labute approximate surface area is 110 Å². The first kappa shape index (κ1) is 12.9. The molecule has 0 unspecified atom stereocenters. The Kier molecular flexibility index (Phi) is 3.56. The van der Waals surface area contributed by atoms with Gasteiger partial charge in [-0.15, -0.1) is 11.3 Å². The van der Waals surface area contributed by atoms with E-state index in [-0.39, 0.29) is 5.69 Å². The molecule has 2 aromatic rings. The molecular formula is C12H17N3O2S. The van der Waals surface area contributed by atoms with Crippen LogP contribution in [0.4, 0.5) is 5.82 Å². The minimum atomic E-state index is -0.938. The zero-order valence-corrected chi connectivity index (χ0v) is 11.6. The molecule has 98 valence electrons. The van der Waals surface area contributed by atoms with Crippen LogP contribution in [0.5, 0.6) is 0 Å². The third-order valence-corrected chi connectivity index (χ3v) is 3.61. The highest BCUT2D eigenvalue weighted by Gasteiger charge is 2.21. The van der Waals surface area contributed by atoms with E-state index in [0.29, 0.717) is 11.7 Å². The molecule has 0 aliphatic carbocycles. The summed E-state index contributed by atoms with van der Waals surface area (Å²) in [7, 11) is 1.89. The summed E-state index contributed by atoms with van der Waals surface area (Å²) in [5.74, 6) is 0.201. The summed E-state index contributed by atoms with van der Waals surface area (Å²) < 4.78 is 1.63. The second-order valence-corrected chi connectivity index (χ2v) is 5.62. The first-order valence-corrected chi connectivity index (χ1v) is 6.78. The van der Waals surface area contributed by atoms with Gasteiger partial charge < -0.3 is 10.0 Å². The number of aromatic nitrogens is 2. The number of carbonyl (C=O) groups is 1. The lowest BCUT2D eigenvalue weighted by molar-refractivity contribution is 0.0690. The molecule has 2 heterocycles. The smallest absolute Gasteiger partial charge is 0.356 e. The third-order valence-electron chi connectivity index (χ3n) is 2.85. The van der Waals surface area contributed by atoms with Crippen LogP contribution in [0, 0.1) is 5.92 Å². The first-order chi connectivity index (χ1) is 8.50. The van der Waals surface area contributed by atoms with Crippen molar-refractivity contribution < 1.29 is 9.90 Å². The Balaban J connectivity index is 2.34. The van der Waals surface area contributed by atoms with E-state index in [0.717, 1.165) is 17.9 Å². The molecule has 1 N–H and O–H groups in total. The van der Waals surface area contributed by atoms with Crippen molar-refractivity contribution >= 4 is 28.1 Å². The standard InChI is InChI=1S/C12H17N3O2S/c1-8(2)4-5-14(3)10-9(11(16)17)15-6-7-18-12(15)13-10/h6-8H,4-5H2,1-3H3,(H,16,17). The molecule has 0 aliphatic heterocycles. The number of carboxylic acids is 1. The molecule has 2 aromatic heterocycles. The van der Waals surface area contributed by atoms with Gasteiger partial charge in [0.15, 0.2) is 16.5 Å². The molecule has 0 aromatic carbocycles. The third kappa shape index (κ3) is 2.33. The number of hydrogen-bond donors (Lipinski definition) is 1. The van der Waals surface area contributed by atoms with Crippen LogP contribution in [-0.4, -0.2) is 34.1 Å². The van der Waals surface area contributed by atoms with Crippen molar-refractivity contribution in [3.8, 4) is 0 Å². The number of hydrogen-bond acceptors (Lipinski definition) is 4. The zero-order valence-electron chi connectivity index (χ0n) is 10.8. The summed E-state index contributed by atoms with van der Waals surface area (Å²) in [5.41, 5.74) is 0.248. The molecule has 0 atom stereocenters. The van der Waals surface area contributed by atoms with Gasteiger partial charge in [0.2, 0.25) is 0 Å². The van der Waals surface area contributed by atoms with Gasteiger partial charge in [0.05, 0.1) is 0 Å². The number of nitrogens with zero attached hydrogens (tertiary/aromatic N) is 3. The van der Waals surface area contributed by atoms with Crippen LogP contribution in [0.15, 0.2) is 11.6 Å². The highest BCUT2D eigenvalue weighted by atomic mass is 32.1. The summed E-state index contributed by atoms with van der Waals surface area (Å²) >= 11 is 1.44. The minimum absolute atomic E-state index is 0.248. The number of thiazole rings is 1. The van der Waals surface area contributed by atoms with Gasteiger partial charge in [0.25, 0.3) is 0 Å². The fourth-order valence-corrected chi connectivity index (χ4v) is 2.51. The van der Waals surface area contributed by atoms with Crippen LogP contribution in [0.2, 0.25) is 0 Å². The number of imidazole rings is 1. The fraction of sp³-hybridized carbons (Fsp3) is 0.500. The Morgan fingerprint density at radius 2 is 2.33 bits per heavy atom. The number of carboxylic acid groups (broad SMARTS) is 1. The van der Waals surface area contributed by atoms with Crippen LogP contribution in [0.25, 0.3) is 4.96 Å². The lowest BCUT2D eigenvalue weighted by Gasteiger charge is -2.18. The zero-order chi connectivity index (χ0) is 13.3. The molecule has 18 heavy (non-hydrogen) atoms. The fourth-order valence-electron chi connectivity index (χ4n) is 1.80. The molecule has 0 saturated carbocycles. The van der Waals surface area contributed by atoms with Gasteiger partial charge in [-0.05, 0) is 12.3 Å². The molecule has 6 heteroatoms. The van der Waals surface area contributed by atoms with Crippen molar-refractivity contribution in [3.63, 3.8) is 0 Å². The Morgan fingerprint density at radius 1 is 1.61 bits per heavy atom. The van der Waals surface area contributed by atoms with Crippen molar-refractivity contribution in [2.45, 2.75) is 20.3 Å². The maximum absolute atomic E-state index is 11.4. The highest BCUT2D eigenvalue weighted by Crippen LogP contribution is 2.24. The highest BCUT2D eigenvalue weighted by molar-refractivity contribution is 7.15. The van der Waals surface area contributed by atoms with E-state index in [1.807, 2.05) is 17.3 Å². The Morgan fingerprint density at radius 3 is 2.94 bits per heavy atom. The average Bonchev–Trinajstić information content (AvgIpc) is 2.83. The Bertz CT molecular complexity index is 559. The van der Waals surface area contributed by atoms with Crippen LogP contribution in [-0.2, 0) is 0 Å². The van der Waals surface area contributed by atoms with E-state index in [1.54, 1.807) is 10.6 Å². The van der Waals surface area contributed by atoms with Gasteiger partial charge in [0, 0.05) is 25.2 Å². The maximum Gasteiger partial charge on any atom is 0.356 e. The average molecular weight is 267 g/mol. The first-order valence-electron chi connectivity index (χ1n) is 5.90. The topological polar surface area (TPSA) is 57.8 Å². The molecule has 0 bridgehead atoms. The number of aromatic carboxylic acids is 1. The largest absolute Gasteiger partial charge is 0.476 e. The molecule has 0 saturated heterocycles.